The summed E-state index contributed by atoms with van der Waals surface area (Å²) in [6, 6.07) is 7.72. The average Bonchev–Trinajstić information content (AvgIpc) is 2.93. The van der Waals surface area contributed by atoms with Gasteiger partial charge in [0.05, 0.1) is 5.03 Å². The highest BCUT2D eigenvalue weighted by Gasteiger charge is 2.61. The molecule has 3 nitrogen and oxygen atoms in total. The van der Waals surface area contributed by atoms with Crippen molar-refractivity contribution in [3.8, 4) is 5.75 Å². The van der Waals surface area contributed by atoms with Gasteiger partial charge >= 0.3 is 12.1 Å². The molecule has 142 valence electrons. The van der Waals surface area contributed by atoms with Crippen LogP contribution in [0.4, 0.5) is 13.2 Å². The summed E-state index contributed by atoms with van der Waals surface area (Å²) in [6.07, 6.45) is -4.54. The molecule has 1 heterocycles. The van der Waals surface area contributed by atoms with Crippen LogP contribution in [0, 0.1) is 0 Å². The van der Waals surface area contributed by atoms with E-state index in [-0.39, 0.29) is 37.5 Å². The lowest BCUT2D eigenvalue weighted by atomic mass is 9.88. The molecule has 0 fully saturated rings. The second-order valence-electron chi connectivity index (χ2n) is 5.91. The van der Waals surface area contributed by atoms with Crippen molar-refractivity contribution in [3.05, 3.63) is 69.2 Å². The van der Waals surface area contributed by atoms with Crippen LogP contribution < -0.4 is 4.74 Å². The van der Waals surface area contributed by atoms with Gasteiger partial charge in [0.15, 0.2) is 0 Å². The predicted molar refractivity (Wildman–Crippen MR) is 96.4 cm³/mol. The molecule has 2 aromatic rings. The highest BCUT2D eigenvalue weighted by atomic mass is 35.5. The minimum atomic E-state index is -4.76. The molecule has 3 rings (SSSR count). The molecule has 27 heavy (non-hydrogen) atoms. The summed E-state index contributed by atoms with van der Waals surface area (Å²) in [7, 11) is 0. The van der Waals surface area contributed by atoms with Crippen molar-refractivity contribution in [2.75, 3.05) is 0 Å². The topological polar surface area (TPSA) is 46.5 Å². The molecule has 0 saturated heterocycles. The van der Waals surface area contributed by atoms with Crippen LogP contribution >= 0.6 is 34.8 Å². The van der Waals surface area contributed by atoms with Crippen molar-refractivity contribution in [1.82, 2.24) is 0 Å². The smallest absolute Gasteiger partial charge is 0.432 e. The van der Waals surface area contributed by atoms with Crippen LogP contribution in [0.3, 0.4) is 0 Å². The van der Waals surface area contributed by atoms with Gasteiger partial charge in [-0.25, -0.2) is 4.79 Å². The minimum Gasteiger partial charge on any atom is -0.478 e. The van der Waals surface area contributed by atoms with Gasteiger partial charge in [0.25, 0.3) is 0 Å². The van der Waals surface area contributed by atoms with Gasteiger partial charge in [-0.05, 0) is 47.5 Å². The first-order valence-corrected chi connectivity index (χ1v) is 8.61. The van der Waals surface area contributed by atoms with E-state index in [4.69, 9.17) is 44.6 Å². The Morgan fingerprint density at radius 2 is 1.78 bits per heavy atom. The molecule has 0 spiro atoms. The number of hydrogen-bond donors (Lipinski definition) is 1. The third-order valence-corrected chi connectivity index (χ3v) is 4.86. The van der Waals surface area contributed by atoms with Crippen LogP contribution in [0.15, 0.2) is 42.5 Å². The van der Waals surface area contributed by atoms with Crippen LogP contribution in [-0.4, -0.2) is 17.3 Å². The summed E-state index contributed by atoms with van der Waals surface area (Å²) in [5.74, 6) is -1.25. The number of benzene rings is 2. The standard InChI is InChI=1S/C18H10Cl3F3O3/c19-12-4-11(5-13(20)6-12)17(18(22,23)24)8-10-3-9(1-2-15(10)27-17)14(21)7-16(25)26/h1-7H,8H2,(H,25,26)/b14-7-. The fraction of sp³-hybridized carbons (Fsp3) is 0.167. The molecule has 1 unspecified atom stereocenters. The molecule has 0 amide bonds. The lowest BCUT2D eigenvalue weighted by molar-refractivity contribution is -0.248. The number of halogens is 6. The van der Waals surface area contributed by atoms with Crippen LogP contribution in [-0.2, 0) is 16.8 Å². The lowest BCUT2D eigenvalue weighted by Gasteiger charge is -2.31. The first-order chi connectivity index (χ1) is 12.5. The molecule has 1 N–H and O–H groups in total. The number of hydrogen-bond acceptors (Lipinski definition) is 2. The molecule has 1 aliphatic rings. The van der Waals surface area contributed by atoms with Crippen molar-refractivity contribution >= 4 is 45.8 Å². The molecule has 0 saturated carbocycles. The Morgan fingerprint density at radius 3 is 2.33 bits per heavy atom. The van der Waals surface area contributed by atoms with Crippen LogP contribution in [0.2, 0.25) is 10.0 Å². The SMILES string of the molecule is O=C(O)/C=C(\Cl)c1ccc2c(c1)CC(c1cc(Cl)cc(Cl)c1)(C(F)(F)F)O2. The zero-order chi connectivity index (χ0) is 20.0. The molecule has 0 radical (unpaired) electrons. The number of rotatable bonds is 3. The Labute approximate surface area is 166 Å². The normalized spacial score (nSPS) is 19.6. The summed E-state index contributed by atoms with van der Waals surface area (Å²) < 4.78 is 47.5. The Bertz CT molecular complexity index is 936. The minimum absolute atomic E-state index is 0.0203. The van der Waals surface area contributed by atoms with Gasteiger partial charge < -0.3 is 9.84 Å². The van der Waals surface area contributed by atoms with Crippen LogP contribution in [0.5, 0.6) is 5.75 Å². The summed E-state index contributed by atoms with van der Waals surface area (Å²) in [4.78, 5) is 10.7. The van der Waals surface area contributed by atoms with Crippen LogP contribution in [0.1, 0.15) is 16.7 Å². The van der Waals surface area contributed by atoms with Gasteiger partial charge in [0.1, 0.15) is 5.75 Å². The lowest BCUT2D eigenvalue weighted by Crippen LogP contribution is -2.46. The number of carbonyl (C=O) groups is 1. The fourth-order valence-corrected chi connectivity index (χ4v) is 3.66. The summed E-state index contributed by atoms with van der Waals surface area (Å²) in [5.41, 5.74) is -2.38. The molecule has 2 aromatic carbocycles. The van der Waals surface area contributed by atoms with E-state index in [1.54, 1.807) is 0 Å². The molecule has 1 atom stereocenters. The van der Waals surface area contributed by atoms with E-state index in [1.165, 1.54) is 24.3 Å². The first kappa shape index (κ1) is 19.9. The van der Waals surface area contributed by atoms with Crippen molar-refractivity contribution in [1.29, 1.82) is 0 Å². The number of alkyl halides is 3. The third kappa shape index (κ3) is 3.74. The zero-order valence-corrected chi connectivity index (χ0v) is 15.5. The molecule has 1 aliphatic heterocycles. The zero-order valence-electron chi connectivity index (χ0n) is 13.3. The van der Waals surface area contributed by atoms with E-state index in [1.807, 2.05) is 0 Å². The van der Waals surface area contributed by atoms with E-state index in [0.29, 0.717) is 0 Å². The number of carboxylic acid groups (broad SMARTS) is 1. The van der Waals surface area contributed by atoms with E-state index in [0.717, 1.165) is 18.2 Å². The monoisotopic (exact) mass is 436 g/mol. The van der Waals surface area contributed by atoms with Gasteiger partial charge in [-0.15, -0.1) is 0 Å². The molecular formula is C18H10Cl3F3O3. The second-order valence-corrected chi connectivity index (χ2v) is 7.19. The van der Waals surface area contributed by atoms with Crippen molar-refractivity contribution < 1.29 is 27.8 Å². The highest BCUT2D eigenvalue weighted by Crippen LogP contribution is 2.52. The number of aliphatic carboxylic acids is 1. The van der Waals surface area contributed by atoms with Gasteiger partial charge in [0.2, 0.25) is 5.60 Å². The quantitative estimate of drug-likeness (QED) is 0.595. The van der Waals surface area contributed by atoms with E-state index in [9.17, 15) is 18.0 Å². The first-order valence-electron chi connectivity index (χ1n) is 7.47. The summed E-state index contributed by atoms with van der Waals surface area (Å²) in [6.45, 7) is 0. The maximum atomic E-state index is 14.0. The van der Waals surface area contributed by atoms with E-state index < -0.39 is 24.2 Å². The Balaban J connectivity index is 2.10. The molecule has 0 bridgehead atoms. The summed E-state index contributed by atoms with van der Waals surface area (Å²) in [5, 5.41) is 8.76. The van der Waals surface area contributed by atoms with Crippen molar-refractivity contribution in [2.45, 2.75) is 18.2 Å². The molecule has 0 aliphatic carbocycles. The Kier molecular flexibility index (Phi) is 5.10. The molecule has 9 heteroatoms. The van der Waals surface area contributed by atoms with E-state index in [2.05, 4.69) is 0 Å². The van der Waals surface area contributed by atoms with Gasteiger partial charge in [0, 0.05) is 28.1 Å². The average molecular weight is 438 g/mol. The third-order valence-electron chi connectivity index (χ3n) is 4.10. The maximum absolute atomic E-state index is 14.0. The van der Waals surface area contributed by atoms with Crippen molar-refractivity contribution in [2.24, 2.45) is 0 Å². The molecular weight excluding hydrogens is 428 g/mol. The molecule has 0 aromatic heterocycles. The van der Waals surface area contributed by atoms with Crippen molar-refractivity contribution in [3.63, 3.8) is 0 Å². The predicted octanol–water partition coefficient (Wildman–Crippen LogP) is 6.05. The van der Waals surface area contributed by atoms with Crippen LogP contribution in [0.25, 0.3) is 5.03 Å². The number of fused-ring (bicyclic) bond motifs is 1. The van der Waals surface area contributed by atoms with E-state index >= 15 is 0 Å². The number of ether oxygens (including phenoxy) is 1. The Hall–Kier alpha value is -1.89. The van der Waals surface area contributed by atoms with Gasteiger partial charge in [-0.3, -0.25) is 0 Å². The summed E-state index contributed by atoms with van der Waals surface area (Å²) >= 11 is 17.7. The Morgan fingerprint density at radius 1 is 1.15 bits per heavy atom. The van der Waals surface area contributed by atoms with Gasteiger partial charge in [-0.1, -0.05) is 34.8 Å². The largest absolute Gasteiger partial charge is 0.478 e. The maximum Gasteiger partial charge on any atom is 0.432 e. The second kappa shape index (κ2) is 6.93. The fourth-order valence-electron chi connectivity index (χ4n) is 2.92. The highest BCUT2D eigenvalue weighted by molar-refractivity contribution is 6.50. The number of carboxylic acids is 1. The van der Waals surface area contributed by atoms with Gasteiger partial charge in [-0.2, -0.15) is 13.2 Å².